The summed E-state index contributed by atoms with van der Waals surface area (Å²) in [6.07, 6.45) is 0.476. The highest BCUT2D eigenvalue weighted by molar-refractivity contribution is 6.18. The Labute approximate surface area is 96.2 Å². The maximum atomic E-state index is 13.0. The molecule has 0 spiro atoms. The van der Waals surface area contributed by atoms with E-state index in [-0.39, 0.29) is 0 Å². The van der Waals surface area contributed by atoms with E-state index >= 15 is 0 Å². The van der Waals surface area contributed by atoms with Crippen LogP contribution in [0.25, 0.3) is 0 Å². The third-order valence-corrected chi connectivity index (χ3v) is 1.79. The Morgan fingerprint density at radius 3 is 2.75 bits per heavy atom. The monoisotopic (exact) mass is 248 g/mol. The van der Waals surface area contributed by atoms with Crippen LogP contribution in [0.1, 0.15) is 12.0 Å². The molecule has 1 aromatic rings. The van der Waals surface area contributed by atoms with E-state index in [1.54, 1.807) is 0 Å². The number of hydrogen-bond acceptors (Lipinski definition) is 1. The van der Waals surface area contributed by atoms with Crippen molar-refractivity contribution in [3.05, 3.63) is 29.6 Å². The van der Waals surface area contributed by atoms with E-state index in [2.05, 4.69) is 16.6 Å². The van der Waals surface area contributed by atoms with Gasteiger partial charge in [0.1, 0.15) is 0 Å². The Bertz CT molecular complexity index is 409. The van der Waals surface area contributed by atoms with Gasteiger partial charge in [0.25, 0.3) is 0 Å². The Hall–Kier alpha value is -1.34. The van der Waals surface area contributed by atoms with Crippen LogP contribution in [0.5, 0.6) is 5.75 Å². The van der Waals surface area contributed by atoms with Crippen molar-refractivity contribution in [2.45, 2.75) is 13.0 Å². The minimum atomic E-state index is -3.06. The molecule has 5 heteroatoms. The molecular weight excluding hydrogens is 241 g/mol. The molecule has 0 aromatic heterocycles. The molecule has 0 amide bonds. The predicted octanol–water partition coefficient (Wildman–Crippen LogP) is 3.41. The third kappa shape index (κ3) is 4.03. The molecule has 1 aromatic carbocycles. The first-order valence-corrected chi connectivity index (χ1v) is 4.96. The molecule has 0 aliphatic rings. The van der Waals surface area contributed by atoms with Crippen LogP contribution < -0.4 is 4.74 Å². The van der Waals surface area contributed by atoms with Gasteiger partial charge in [-0.15, -0.1) is 11.6 Å². The van der Waals surface area contributed by atoms with Crippen molar-refractivity contribution >= 4 is 11.6 Å². The lowest BCUT2D eigenvalue weighted by molar-refractivity contribution is -0.0521. The second kappa shape index (κ2) is 6.29. The number of benzene rings is 1. The van der Waals surface area contributed by atoms with Gasteiger partial charge in [0.05, 0.1) is 0 Å². The van der Waals surface area contributed by atoms with Gasteiger partial charge < -0.3 is 4.74 Å². The van der Waals surface area contributed by atoms with Crippen LogP contribution in [-0.4, -0.2) is 12.5 Å². The Morgan fingerprint density at radius 2 is 2.12 bits per heavy atom. The van der Waals surface area contributed by atoms with Crippen LogP contribution in [0, 0.1) is 17.7 Å². The molecule has 0 radical (unpaired) electrons. The van der Waals surface area contributed by atoms with Gasteiger partial charge in [-0.2, -0.15) is 8.78 Å². The third-order valence-electron chi connectivity index (χ3n) is 1.60. The number of halogens is 4. The van der Waals surface area contributed by atoms with E-state index in [1.165, 1.54) is 6.07 Å². The van der Waals surface area contributed by atoms with Gasteiger partial charge in [0.15, 0.2) is 11.6 Å². The van der Waals surface area contributed by atoms with Gasteiger partial charge in [-0.3, -0.25) is 0 Å². The van der Waals surface area contributed by atoms with Gasteiger partial charge in [-0.25, -0.2) is 4.39 Å². The van der Waals surface area contributed by atoms with Gasteiger partial charge in [0.2, 0.25) is 0 Å². The van der Waals surface area contributed by atoms with Crippen LogP contribution >= 0.6 is 11.6 Å². The van der Waals surface area contributed by atoms with E-state index < -0.39 is 18.2 Å². The summed E-state index contributed by atoms with van der Waals surface area (Å²) in [4.78, 5) is 0. The standard InChI is InChI=1S/C11H8ClF3O/c12-6-2-1-3-8-4-5-9(13)10(7-8)16-11(14)15/h4-5,7,11H,2,6H2. The molecule has 0 aliphatic heterocycles. The van der Waals surface area contributed by atoms with Gasteiger partial charge in [-0.1, -0.05) is 11.8 Å². The second-order valence-electron chi connectivity index (χ2n) is 2.76. The Kier molecular flexibility index (Phi) is 5.00. The maximum absolute atomic E-state index is 13.0. The molecule has 0 saturated carbocycles. The zero-order valence-corrected chi connectivity index (χ0v) is 8.90. The molecule has 1 nitrogen and oxygen atoms in total. The van der Waals surface area contributed by atoms with E-state index in [4.69, 9.17) is 11.6 Å². The highest BCUT2D eigenvalue weighted by Gasteiger charge is 2.09. The normalized spacial score (nSPS) is 9.81. The molecular formula is C11H8ClF3O. The quantitative estimate of drug-likeness (QED) is 0.588. The number of rotatable bonds is 3. The maximum Gasteiger partial charge on any atom is 0.387 e. The number of ether oxygens (including phenoxy) is 1. The van der Waals surface area contributed by atoms with Crippen molar-refractivity contribution in [3.63, 3.8) is 0 Å². The molecule has 86 valence electrons. The average molecular weight is 249 g/mol. The summed E-state index contributed by atoms with van der Waals surface area (Å²) in [5.41, 5.74) is 0.405. The van der Waals surface area contributed by atoms with Gasteiger partial charge >= 0.3 is 6.61 Å². The van der Waals surface area contributed by atoms with Crippen LogP contribution in [0.15, 0.2) is 18.2 Å². The smallest absolute Gasteiger partial charge is 0.387 e. The number of hydrogen-bond donors (Lipinski definition) is 0. The molecule has 0 N–H and O–H groups in total. The fraction of sp³-hybridized carbons (Fsp3) is 0.273. The summed E-state index contributed by atoms with van der Waals surface area (Å²) in [5, 5.41) is 0. The lowest BCUT2D eigenvalue weighted by Crippen LogP contribution is -2.03. The molecule has 0 saturated heterocycles. The highest BCUT2D eigenvalue weighted by Crippen LogP contribution is 2.20. The Morgan fingerprint density at radius 1 is 1.38 bits per heavy atom. The summed E-state index contributed by atoms with van der Waals surface area (Å²) in [7, 11) is 0. The summed E-state index contributed by atoms with van der Waals surface area (Å²) in [6, 6.07) is 3.54. The zero-order chi connectivity index (χ0) is 12.0. The summed E-state index contributed by atoms with van der Waals surface area (Å²) < 4.78 is 40.8. The molecule has 1 rings (SSSR count). The molecule has 16 heavy (non-hydrogen) atoms. The van der Waals surface area contributed by atoms with Gasteiger partial charge in [-0.05, 0) is 18.2 Å². The highest BCUT2D eigenvalue weighted by atomic mass is 35.5. The van der Waals surface area contributed by atoms with Crippen molar-refractivity contribution in [2.75, 3.05) is 5.88 Å². The van der Waals surface area contributed by atoms with Crippen molar-refractivity contribution in [3.8, 4) is 17.6 Å². The van der Waals surface area contributed by atoms with Crippen molar-refractivity contribution in [1.82, 2.24) is 0 Å². The minimum Gasteiger partial charge on any atom is -0.432 e. The number of alkyl halides is 3. The first-order valence-electron chi connectivity index (χ1n) is 4.42. The van der Waals surface area contributed by atoms with E-state index in [0.29, 0.717) is 17.9 Å². The van der Waals surface area contributed by atoms with Crippen molar-refractivity contribution < 1.29 is 17.9 Å². The van der Waals surface area contributed by atoms with E-state index in [0.717, 1.165) is 12.1 Å². The van der Waals surface area contributed by atoms with Crippen molar-refractivity contribution in [2.24, 2.45) is 0 Å². The molecule has 0 heterocycles. The largest absolute Gasteiger partial charge is 0.432 e. The molecule has 0 bridgehead atoms. The van der Waals surface area contributed by atoms with Crippen molar-refractivity contribution in [1.29, 1.82) is 0 Å². The SMILES string of the molecule is Fc1ccc(C#CCCCl)cc1OC(F)F. The lowest BCUT2D eigenvalue weighted by atomic mass is 10.2. The van der Waals surface area contributed by atoms with Crippen LogP contribution in [0.3, 0.4) is 0 Å². The van der Waals surface area contributed by atoms with Crippen LogP contribution in [0.2, 0.25) is 0 Å². The first kappa shape index (κ1) is 12.7. The topological polar surface area (TPSA) is 9.23 Å². The fourth-order valence-corrected chi connectivity index (χ4v) is 1.07. The Balaban J connectivity index is 2.86. The summed E-state index contributed by atoms with van der Waals surface area (Å²) in [5.74, 6) is 4.40. The first-order chi connectivity index (χ1) is 7.63. The van der Waals surface area contributed by atoms with Gasteiger partial charge in [0, 0.05) is 17.9 Å². The van der Waals surface area contributed by atoms with Crippen LogP contribution in [-0.2, 0) is 0 Å². The summed E-state index contributed by atoms with van der Waals surface area (Å²) in [6.45, 7) is -3.06. The fourth-order valence-electron chi connectivity index (χ4n) is 0.979. The zero-order valence-electron chi connectivity index (χ0n) is 8.14. The van der Waals surface area contributed by atoms with Crippen LogP contribution in [0.4, 0.5) is 13.2 Å². The van der Waals surface area contributed by atoms with E-state index in [9.17, 15) is 13.2 Å². The second-order valence-corrected chi connectivity index (χ2v) is 3.14. The average Bonchev–Trinajstić information content (AvgIpc) is 2.22. The predicted molar refractivity (Wildman–Crippen MR) is 55.2 cm³/mol. The molecule has 0 fully saturated rings. The molecule has 0 atom stereocenters. The molecule has 0 aliphatic carbocycles. The van der Waals surface area contributed by atoms with E-state index in [1.807, 2.05) is 0 Å². The lowest BCUT2D eigenvalue weighted by Gasteiger charge is -2.05. The minimum absolute atomic E-state index is 0.384. The summed E-state index contributed by atoms with van der Waals surface area (Å²) >= 11 is 5.41. The molecule has 0 unspecified atom stereocenters.